The van der Waals surface area contributed by atoms with Crippen LogP contribution in [-0.4, -0.2) is 18.2 Å². The van der Waals surface area contributed by atoms with Gasteiger partial charge < -0.3 is 22.6 Å². The molecule has 8 aromatic carbocycles. The monoisotopic (exact) mass is 950 g/mol. The molecule has 0 spiro atoms. The molecule has 0 N–H and O–H groups in total. The normalized spacial score (nSPS) is 13.4. The summed E-state index contributed by atoms with van der Waals surface area (Å²) in [5.74, 6) is 1.54. The molecule has 0 saturated heterocycles. The Kier molecular flexibility index (Phi) is 17.3. The first kappa shape index (κ1) is 49.6. The summed E-state index contributed by atoms with van der Waals surface area (Å²) in [6.45, 7) is 13.7. The van der Waals surface area contributed by atoms with E-state index in [2.05, 4.69) is 86.7 Å². The van der Waals surface area contributed by atoms with Crippen LogP contribution in [0, 0.1) is 6.92 Å². The van der Waals surface area contributed by atoms with Gasteiger partial charge in [0.15, 0.2) is 5.78 Å². The maximum Gasteiger partial charge on any atom is 0.529 e. The Bertz CT molecular complexity index is 3210. The topological polar surface area (TPSA) is 80.3 Å². The van der Waals surface area contributed by atoms with Gasteiger partial charge in [-0.1, -0.05) is 189 Å². The summed E-state index contributed by atoms with van der Waals surface area (Å²) in [6.07, 6.45) is 13.5. The van der Waals surface area contributed by atoms with E-state index in [0.29, 0.717) is 17.3 Å². The maximum absolute atomic E-state index is 14.4. The number of fused-ring (bicyclic) bond motifs is 5. The fraction of sp³-hybridized carbons (Fsp3) is 0.133. The molecule has 2 aliphatic rings. The van der Waals surface area contributed by atoms with E-state index >= 15 is 0 Å². The van der Waals surface area contributed by atoms with Crippen LogP contribution >= 0.6 is 17.0 Å². The lowest BCUT2D eigenvalue weighted by atomic mass is 9.83. The molecule has 0 bridgehead atoms. The lowest BCUT2D eigenvalue weighted by Gasteiger charge is -2.25. The smallest absolute Gasteiger partial charge is 0.438 e. The van der Waals surface area contributed by atoms with E-state index in [1.165, 1.54) is 21.9 Å². The molecule has 0 saturated carbocycles. The van der Waals surface area contributed by atoms with Gasteiger partial charge in [-0.25, -0.2) is 0 Å². The van der Waals surface area contributed by atoms with Gasteiger partial charge in [0.2, 0.25) is 5.78 Å². The van der Waals surface area contributed by atoms with Crippen molar-refractivity contribution in [3.8, 4) is 23.0 Å². The SMILES string of the molecule is C/C=C(\C)OP(Oc1cccc2c1C(=O)c1c(OP(C)Oc3cccc4ccccc34)cccc1C2=O)Oc1cccc2ccccc12.CC.CC1=CC=CCC=C1.Cc1cccc2ccccc12. The van der Waals surface area contributed by atoms with Crippen molar-refractivity contribution in [1.82, 2.24) is 0 Å². The minimum Gasteiger partial charge on any atom is -0.438 e. The highest BCUT2D eigenvalue weighted by atomic mass is 31.2. The number of ketones is 2. The van der Waals surface area contributed by atoms with Crippen molar-refractivity contribution in [3.05, 3.63) is 239 Å². The van der Waals surface area contributed by atoms with Crippen molar-refractivity contribution >= 4 is 60.9 Å². The summed E-state index contributed by atoms with van der Waals surface area (Å²) in [4.78, 5) is 28.2. The lowest BCUT2D eigenvalue weighted by molar-refractivity contribution is 0.0976. The van der Waals surface area contributed by atoms with Gasteiger partial charge in [-0.15, -0.1) is 0 Å². The van der Waals surface area contributed by atoms with Crippen LogP contribution in [0.25, 0.3) is 32.3 Å². The van der Waals surface area contributed by atoms with E-state index in [1.54, 1.807) is 49.4 Å². The van der Waals surface area contributed by atoms with E-state index in [9.17, 15) is 9.59 Å². The second-order valence-electron chi connectivity index (χ2n) is 15.8. The average Bonchev–Trinajstić information content (AvgIpc) is 3.64. The third-order valence-corrected chi connectivity index (χ3v) is 13.1. The molecule has 0 fully saturated rings. The molecule has 0 radical (unpaired) electrons. The molecule has 0 aliphatic heterocycles. The summed E-state index contributed by atoms with van der Waals surface area (Å²) < 4.78 is 31.3. The predicted octanol–water partition coefficient (Wildman–Crippen LogP) is 17.4. The van der Waals surface area contributed by atoms with Crippen molar-refractivity contribution in [1.29, 1.82) is 0 Å². The molecule has 7 nitrogen and oxygen atoms in total. The van der Waals surface area contributed by atoms with Crippen LogP contribution in [0.4, 0.5) is 0 Å². The standard InChI is InChI=1S/C39H30O7P2.C11H10.C8H10.C2H6/c1-4-25(2)42-48(45-33-22-10-16-27-14-6-8-18-29(27)33)46-35-24-12-20-31-37(35)39(41)36-30(38(31)40)19-11-23-34(36)44-47(3)43-32-21-9-15-26-13-5-7-17-28(26)32;1-9-5-4-7-10-6-2-3-8-11(9)10;1-8-6-4-2-3-5-7-8;1-2/h4-24H,1-3H3;2-8H,1H3;2,4-7H,3H2,1H3;1-2H3/b25-4+;;;. The first-order valence-electron chi connectivity index (χ1n) is 23.0. The van der Waals surface area contributed by atoms with Gasteiger partial charge in [0, 0.05) is 28.6 Å². The van der Waals surface area contributed by atoms with E-state index in [0.717, 1.165) is 28.0 Å². The predicted molar refractivity (Wildman–Crippen MR) is 287 cm³/mol. The third kappa shape index (κ3) is 12.2. The molecule has 0 aromatic heterocycles. The Hall–Kier alpha value is -7.30. The molecule has 0 amide bonds. The van der Waals surface area contributed by atoms with E-state index in [4.69, 9.17) is 22.6 Å². The summed E-state index contributed by atoms with van der Waals surface area (Å²) in [6, 6.07) is 52.1. The molecule has 8 aromatic rings. The Balaban J connectivity index is 0.000000274. The first-order valence-corrected chi connectivity index (χ1v) is 25.7. The van der Waals surface area contributed by atoms with Crippen molar-refractivity contribution in [2.45, 2.75) is 48.0 Å². The van der Waals surface area contributed by atoms with Gasteiger partial charge >= 0.3 is 8.60 Å². The second-order valence-corrected chi connectivity index (χ2v) is 18.0. The number of carbonyl (C=O) groups is 2. The highest BCUT2D eigenvalue weighted by molar-refractivity contribution is 7.47. The summed E-state index contributed by atoms with van der Waals surface area (Å²) in [7, 11) is -3.63. The van der Waals surface area contributed by atoms with Crippen LogP contribution in [0.3, 0.4) is 0 Å². The molecule has 10 rings (SSSR count). The van der Waals surface area contributed by atoms with Crippen molar-refractivity contribution < 1.29 is 32.2 Å². The Morgan fingerprint density at radius 3 is 1.55 bits per heavy atom. The molecule has 2 unspecified atom stereocenters. The number of hydrogen-bond acceptors (Lipinski definition) is 7. The minimum absolute atomic E-state index is 0.122. The number of carbonyl (C=O) groups excluding carboxylic acids is 2. The van der Waals surface area contributed by atoms with Crippen molar-refractivity contribution in [3.63, 3.8) is 0 Å². The van der Waals surface area contributed by atoms with Crippen molar-refractivity contribution in [2.24, 2.45) is 0 Å². The average molecular weight is 951 g/mol. The van der Waals surface area contributed by atoms with Gasteiger partial charge in [-0.2, -0.15) is 0 Å². The molecule has 9 heteroatoms. The van der Waals surface area contributed by atoms with Crippen LogP contribution in [0.1, 0.15) is 78.4 Å². The summed E-state index contributed by atoms with van der Waals surface area (Å²) in [5, 5.41) is 6.56. The van der Waals surface area contributed by atoms with E-state index in [1.807, 2.05) is 112 Å². The minimum atomic E-state index is -2.09. The molecule has 0 heterocycles. The maximum atomic E-state index is 14.4. The molecular formula is C60H56O7P2. The van der Waals surface area contributed by atoms with Gasteiger partial charge in [0.05, 0.1) is 11.1 Å². The number of benzene rings is 8. The number of allylic oxidation sites excluding steroid dienone is 8. The lowest BCUT2D eigenvalue weighted by Crippen LogP contribution is -2.22. The first-order chi connectivity index (χ1) is 33.7. The summed E-state index contributed by atoms with van der Waals surface area (Å²) in [5.41, 5.74) is 3.45. The molecular weight excluding hydrogens is 895 g/mol. The highest BCUT2D eigenvalue weighted by Gasteiger charge is 2.37. The fourth-order valence-electron chi connectivity index (χ4n) is 7.64. The molecule has 348 valence electrons. The summed E-state index contributed by atoms with van der Waals surface area (Å²) >= 11 is 0. The number of aryl methyl sites for hydroxylation is 1. The van der Waals surface area contributed by atoms with Gasteiger partial charge in [0.1, 0.15) is 28.8 Å². The third-order valence-electron chi connectivity index (χ3n) is 11.1. The quantitative estimate of drug-likeness (QED) is 0.0998. The van der Waals surface area contributed by atoms with E-state index < -0.39 is 22.8 Å². The Morgan fingerprint density at radius 2 is 0.971 bits per heavy atom. The van der Waals surface area contributed by atoms with Gasteiger partial charge in [-0.3, -0.25) is 9.59 Å². The van der Waals surface area contributed by atoms with Gasteiger partial charge in [0.25, 0.3) is 8.38 Å². The zero-order valence-corrected chi connectivity index (χ0v) is 41.8. The molecule has 69 heavy (non-hydrogen) atoms. The number of rotatable bonds is 10. The van der Waals surface area contributed by atoms with Crippen LogP contribution in [0.5, 0.6) is 23.0 Å². The van der Waals surface area contributed by atoms with Crippen LogP contribution in [-0.2, 0) is 4.52 Å². The fourth-order valence-corrected chi connectivity index (χ4v) is 9.63. The van der Waals surface area contributed by atoms with Crippen LogP contribution in [0.15, 0.2) is 212 Å². The van der Waals surface area contributed by atoms with Crippen LogP contribution < -0.4 is 18.1 Å². The largest absolute Gasteiger partial charge is 0.529 e. The van der Waals surface area contributed by atoms with Crippen LogP contribution in [0.2, 0.25) is 0 Å². The van der Waals surface area contributed by atoms with Gasteiger partial charge in [-0.05, 0) is 91.6 Å². The van der Waals surface area contributed by atoms with E-state index in [-0.39, 0.29) is 39.5 Å². The molecule has 2 aliphatic carbocycles. The zero-order chi connectivity index (χ0) is 48.7. The van der Waals surface area contributed by atoms with Crippen molar-refractivity contribution in [2.75, 3.05) is 6.66 Å². The Morgan fingerprint density at radius 1 is 0.522 bits per heavy atom. The molecule has 2 atom stereocenters. The Labute approximate surface area is 408 Å². The highest BCUT2D eigenvalue weighted by Crippen LogP contribution is 2.49. The second kappa shape index (κ2) is 24.1. The zero-order valence-electron chi connectivity index (χ0n) is 40.0. The number of hydrogen-bond donors (Lipinski definition) is 0.